The van der Waals surface area contributed by atoms with Gasteiger partial charge in [-0.05, 0) is 0 Å². The van der Waals surface area contributed by atoms with E-state index in [4.69, 9.17) is 0 Å². The maximum atomic E-state index is 4.12. The number of hydrogen-bond donors (Lipinski definition) is 0. The van der Waals surface area contributed by atoms with Gasteiger partial charge in [0.2, 0.25) is 0 Å². The third kappa shape index (κ3) is 17.6. The molecule has 5 heteroatoms. The first kappa shape index (κ1) is 16.6. The molecule has 0 saturated carbocycles. The summed E-state index contributed by atoms with van der Waals surface area (Å²) in [4.78, 5) is 0. The van der Waals surface area contributed by atoms with Gasteiger partial charge in [0.1, 0.15) is 0 Å². The van der Waals surface area contributed by atoms with E-state index in [-0.39, 0.29) is 138 Å². The van der Waals surface area contributed by atoms with E-state index in [0.717, 1.165) is 9.83 Å². The molecule has 0 amide bonds. The second kappa shape index (κ2) is 16.1. The van der Waals surface area contributed by atoms with Crippen LogP contribution in [0.25, 0.3) is 0 Å². The van der Waals surface area contributed by atoms with Crippen LogP contribution >= 0.6 is 9.83 Å². The van der Waals surface area contributed by atoms with Gasteiger partial charge in [-0.15, -0.1) is 0 Å². The van der Waals surface area contributed by atoms with Gasteiger partial charge in [0.15, 0.2) is 0 Å². The zero-order valence-electron chi connectivity index (χ0n) is 3.22. The Hall–Kier alpha value is 5.15. The van der Waals surface area contributed by atoms with Crippen LogP contribution in [0.15, 0.2) is 0 Å². The summed E-state index contributed by atoms with van der Waals surface area (Å²) in [6.45, 7) is 0. The molecule has 0 aliphatic carbocycles. The molecule has 0 heterocycles. The normalized spacial score (nSPS) is 3.60. The zero-order chi connectivity index (χ0) is 2.71. The smallest absolute Gasteiger partial charge is 0.747 e. The first-order chi connectivity index (χ1) is 1.41. The van der Waals surface area contributed by atoms with Crippen molar-refractivity contribution in [2.24, 2.45) is 0 Å². The number of rotatable bonds is 0. The Morgan fingerprint density at radius 2 is 1.00 bits per heavy atom. The van der Waals surface area contributed by atoms with Crippen LogP contribution < -0.4 is 138 Å². The summed E-state index contributed by atoms with van der Waals surface area (Å²) in [7, 11) is 0.917. The predicted molar refractivity (Wildman–Crippen MR) is 22.3 cm³/mol. The summed E-state index contributed by atoms with van der Waals surface area (Å²) in [6.07, 6.45) is 0. The Balaban J connectivity index is -0.0000000200. The maximum absolute atomic E-state index is 4.12. The van der Waals surface area contributed by atoms with Crippen LogP contribution in [-0.2, 0) is 23.3 Å². The van der Waals surface area contributed by atoms with Gasteiger partial charge in [-0.2, -0.15) is 0 Å². The zero-order valence-corrected chi connectivity index (χ0v) is 18.2. The first-order valence-electron chi connectivity index (χ1n) is 0.333. The predicted octanol–water partition coefficient (Wildman–Crippen LogP) is -5.35. The van der Waals surface area contributed by atoms with Gasteiger partial charge in [-0.25, -0.2) is 0 Å². The first-order valence-corrected chi connectivity index (χ1v) is 3.00. The quantitative estimate of drug-likeness (QED) is 0.312. The van der Waals surface area contributed by atoms with Gasteiger partial charge >= 0.3 is 138 Å². The van der Waals surface area contributed by atoms with Crippen LogP contribution in [0, 0.1) is 0 Å². The fourth-order valence-corrected chi connectivity index (χ4v) is 0. The Morgan fingerprint density at radius 3 is 1.00 bits per heavy atom. The summed E-state index contributed by atoms with van der Waals surface area (Å²) in [5.41, 5.74) is 0. The monoisotopic (exact) mass is 362 g/mol. The Labute approximate surface area is 164 Å². The van der Waals surface area contributed by atoms with Gasteiger partial charge in [0, 0.05) is 0 Å². The molecule has 0 nitrogen and oxygen atoms in total. The van der Waals surface area contributed by atoms with Gasteiger partial charge in [0.05, 0.1) is 0 Å². The molecule has 0 spiro atoms. The van der Waals surface area contributed by atoms with Crippen molar-refractivity contribution in [1.29, 1.82) is 0 Å². The second-order valence-electron chi connectivity index (χ2n) is 0.0680. The summed E-state index contributed by atoms with van der Waals surface area (Å²) >= 11 is 8.25. The van der Waals surface area contributed by atoms with Crippen LogP contribution in [-0.4, -0.2) is 0 Å². The summed E-state index contributed by atoms with van der Waals surface area (Å²) < 4.78 is 0. The molecule has 0 fully saturated rings. The minimum absolute atomic E-state index is 0. The molecule has 0 aromatic carbocycles. The Morgan fingerprint density at radius 1 is 1.00 bits per heavy atom. The molecule has 0 rings (SSSR count). The Kier molecular flexibility index (Phi) is 53.4. The summed E-state index contributed by atoms with van der Waals surface area (Å²) in [6, 6.07) is 0. The molecule has 5 heavy (non-hydrogen) atoms. The van der Waals surface area contributed by atoms with Crippen LogP contribution in [0.2, 0.25) is 0 Å². The van der Waals surface area contributed by atoms with Crippen LogP contribution in [0.3, 0.4) is 0 Å². The van der Waals surface area contributed by atoms with E-state index in [0.29, 0.717) is 0 Å². The fourth-order valence-electron chi connectivity index (χ4n) is 0. The molecule has 0 N–H and O–H groups in total. The van der Waals surface area contributed by atoms with E-state index < -0.39 is 0 Å². The molecule has 0 aromatic rings. The van der Waals surface area contributed by atoms with Crippen LogP contribution in [0.4, 0.5) is 0 Å². The Bertz CT molecular complexity index is 4.85. The third-order valence-corrected chi connectivity index (χ3v) is 0. The molecule has 0 atom stereocenters. The molecule has 0 saturated heterocycles. The van der Waals surface area contributed by atoms with Gasteiger partial charge < -0.3 is 33.1 Å². The van der Waals surface area contributed by atoms with Crippen LogP contribution in [0.5, 0.6) is 0 Å². The minimum Gasteiger partial charge on any atom is -0.747 e. The van der Waals surface area contributed by atoms with Crippen molar-refractivity contribution in [3.63, 3.8) is 0 Å². The van der Waals surface area contributed by atoms with Crippen molar-refractivity contribution >= 4 is 33.1 Å². The van der Waals surface area contributed by atoms with Gasteiger partial charge in [-0.1, -0.05) is 0 Å². The van der Waals surface area contributed by atoms with Gasteiger partial charge in [-0.3, -0.25) is 0 Å². The minimum atomic E-state index is 0. The van der Waals surface area contributed by atoms with E-state index in [1.165, 1.54) is 0 Å². The molecular formula is Cs2S3. The summed E-state index contributed by atoms with van der Waals surface area (Å²) in [5, 5.41) is 0. The van der Waals surface area contributed by atoms with Gasteiger partial charge in [0.25, 0.3) is 0 Å². The molecule has 0 bridgehead atoms. The molecule has 0 unspecified atom stereocenters. The second-order valence-corrected chi connectivity index (χ2v) is 1.84. The van der Waals surface area contributed by atoms with E-state index in [1.54, 1.807) is 0 Å². The fraction of sp³-hybridized carbons (Fsp3) is 0. The van der Waals surface area contributed by atoms with E-state index >= 15 is 0 Å². The topological polar surface area (TPSA) is 0 Å². The average molecular weight is 362 g/mol. The van der Waals surface area contributed by atoms with Crippen molar-refractivity contribution in [2.45, 2.75) is 0 Å². The summed E-state index contributed by atoms with van der Waals surface area (Å²) in [5.74, 6) is 0. The third-order valence-electron chi connectivity index (χ3n) is 0. The van der Waals surface area contributed by atoms with E-state index in [2.05, 4.69) is 23.3 Å². The van der Waals surface area contributed by atoms with Crippen molar-refractivity contribution in [3.8, 4) is 0 Å². The standard InChI is InChI=1S/2Cs.H2S3/c;;1-3-2/h;;1-2H/q2*+1;/p-2. The SMILES string of the molecule is [Cs+].[Cs+].[S-]S[S-]. The molecule has 0 aliphatic rings. The van der Waals surface area contributed by atoms with E-state index in [1.807, 2.05) is 0 Å². The van der Waals surface area contributed by atoms with Crippen molar-refractivity contribution < 1.29 is 138 Å². The molecular weight excluding hydrogens is 362 g/mol. The van der Waals surface area contributed by atoms with Crippen molar-refractivity contribution in [2.75, 3.05) is 0 Å². The van der Waals surface area contributed by atoms with E-state index in [9.17, 15) is 0 Å². The largest absolute Gasteiger partial charge is 1.00 e. The number of hydrogen-bond acceptors (Lipinski definition) is 3. The van der Waals surface area contributed by atoms with Crippen LogP contribution in [0.1, 0.15) is 0 Å². The maximum Gasteiger partial charge on any atom is 1.00 e. The molecule has 0 aromatic heterocycles. The van der Waals surface area contributed by atoms with Crippen molar-refractivity contribution in [1.82, 2.24) is 0 Å². The molecule has 0 radical (unpaired) electrons. The average Bonchev–Trinajstić information content (AvgIpc) is 0.918. The molecule has 0 aliphatic heterocycles. The molecule has 20 valence electrons. The van der Waals surface area contributed by atoms with Crippen molar-refractivity contribution in [3.05, 3.63) is 0 Å².